The monoisotopic (exact) mass is 308 g/mol. The van der Waals surface area contributed by atoms with E-state index in [4.69, 9.17) is 22.3 Å². The minimum absolute atomic E-state index is 0.0299. The molecule has 3 saturated carbocycles. The maximum absolute atomic E-state index is 13.0. The van der Waals surface area contributed by atoms with Gasteiger partial charge in [0.1, 0.15) is 5.82 Å². The third kappa shape index (κ3) is 1.86. The van der Waals surface area contributed by atoms with Crippen LogP contribution >= 0.6 is 22.3 Å². The van der Waals surface area contributed by atoms with Crippen molar-refractivity contribution < 1.29 is 12.8 Å². The van der Waals surface area contributed by atoms with Crippen LogP contribution in [0.2, 0.25) is 5.02 Å². The van der Waals surface area contributed by atoms with E-state index in [1.54, 1.807) is 6.07 Å². The minimum Gasteiger partial charge on any atom is -0.212 e. The van der Waals surface area contributed by atoms with Crippen molar-refractivity contribution in [2.75, 3.05) is 5.75 Å². The molecule has 6 heteroatoms. The average molecular weight is 309 g/mol. The number of hydrogen-bond acceptors (Lipinski definition) is 2. The van der Waals surface area contributed by atoms with E-state index >= 15 is 0 Å². The summed E-state index contributed by atoms with van der Waals surface area (Å²) < 4.78 is 35.2. The highest BCUT2D eigenvalue weighted by Crippen LogP contribution is 2.74. The molecular weight excluding hydrogens is 298 g/mol. The number of hydrogen-bond donors (Lipinski definition) is 0. The predicted molar refractivity (Wildman–Crippen MR) is 69.0 cm³/mol. The maximum atomic E-state index is 13.0. The van der Waals surface area contributed by atoms with Gasteiger partial charge in [-0.05, 0) is 47.8 Å². The molecule has 98 valence electrons. The van der Waals surface area contributed by atoms with Gasteiger partial charge in [0.15, 0.2) is 0 Å². The molecule has 4 rings (SSSR count). The third-order valence-electron chi connectivity index (χ3n) is 4.12. The molecule has 0 aromatic heterocycles. The van der Waals surface area contributed by atoms with Gasteiger partial charge >= 0.3 is 0 Å². The summed E-state index contributed by atoms with van der Waals surface area (Å²) in [6.45, 7) is 0. The lowest BCUT2D eigenvalue weighted by atomic mass is 9.34. The topological polar surface area (TPSA) is 34.1 Å². The van der Waals surface area contributed by atoms with Crippen LogP contribution in [0.3, 0.4) is 0 Å². The Morgan fingerprint density at radius 1 is 1.28 bits per heavy atom. The van der Waals surface area contributed by atoms with Gasteiger partial charge in [0, 0.05) is 15.7 Å². The van der Waals surface area contributed by atoms with Gasteiger partial charge in [0.25, 0.3) is 0 Å². The fourth-order valence-electron chi connectivity index (χ4n) is 3.72. The minimum atomic E-state index is -3.45. The Bertz CT molecular complexity index is 607. The molecule has 2 nitrogen and oxygen atoms in total. The molecule has 0 heterocycles. The Labute approximate surface area is 115 Å². The van der Waals surface area contributed by atoms with Gasteiger partial charge in [-0.2, -0.15) is 0 Å². The van der Waals surface area contributed by atoms with E-state index in [1.165, 1.54) is 12.1 Å². The van der Waals surface area contributed by atoms with Crippen LogP contribution in [-0.4, -0.2) is 14.2 Å². The van der Waals surface area contributed by atoms with Crippen molar-refractivity contribution >= 4 is 31.3 Å². The molecule has 18 heavy (non-hydrogen) atoms. The van der Waals surface area contributed by atoms with Gasteiger partial charge in [0.2, 0.25) is 9.05 Å². The zero-order valence-electron chi connectivity index (χ0n) is 9.42. The normalized spacial score (nSPS) is 33.7. The molecule has 1 aromatic rings. The molecule has 2 bridgehead atoms. The molecule has 0 unspecified atom stereocenters. The molecule has 3 aliphatic carbocycles. The van der Waals surface area contributed by atoms with Crippen LogP contribution < -0.4 is 0 Å². The first-order valence-electron chi connectivity index (χ1n) is 5.62. The van der Waals surface area contributed by atoms with E-state index in [1.807, 2.05) is 0 Å². The second kappa shape index (κ2) is 3.62. The zero-order valence-corrected chi connectivity index (χ0v) is 11.7. The number of halogens is 3. The first kappa shape index (κ1) is 12.7. The fourth-order valence-corrected chi connectivity index (χ4v) is 5.82. The Hall–Kier alpha value is -0.320. The van der Waals surface area contributed by atoms with Crippen molar-refractivity contribution in [3.63, 3.8) is 0 Å². The highest BCUT2D eigenvalue weighted by Gasteiger charge is 2.69. The number of benzene rings is 1. The van der Waals surface area contributed by atoms with Crippen molar-refractivity contribution in [1.82, 2.24) is 0 Å². The molecule has 3 aliphatic rings. The lowest BCUT2D eigenvalue weighted by Crippen LogP contribution is -2.66. The lowest BCUT2D eigenvalue weighted by Gasteiger charge is -2.71. The summed E-state index contributed by atoms with van der Waals surface area (Å²) in [6, 6.07) is 4.41. The summed E-state index contributed by atoms with van der Waals surface area (Å²) in [6.07, 6.45) is 2.33. The van der Waals surface area contributed by atoms with Crippen molar-refractivity contribution in [3.05, 3.63) is 34.6 Å². The van der Waals surface area contributed by atoms with Crippen molar-refractivity contribution in [3.8, 4) is 0 Å². The molecule has 0 radical (unpaired) electrons. The smallest absolute Gasteiger partial charge is 0.212 e. The zero-order chi connectivity index (χ0) is 13.2. The molecule has 0 spiro atoms. The van der Waals surface area contributed by atoms with Crippen molar-refractivity contribution in [2.24, 2.45) is 5.41 Å². The standard InChI is InChI=1S/C12H11Cl2FO2S/c13-10-3-8(15)1-2-9(10)12-4-11(5-12,6-12)7-18(14,16)17/h1-3H,4-7H2. The molecule has 0 N–H and O–H groups in total. The second-order valence-electron chi connectivity index (χ2n) is 5.62. The van der Waals surface area contributed by atoms with E-state index < -0.39 is 9.05 Å². The Morgan fingerprint density at radius 3 is 2.39 bits per heavy atom. The van der Waals surface area contributed by atoms with Gasteiger partial charge in [0.05, 0.1) is 5.75 Å². The van der Waals surface area contributed by atoms with Gasteiger partial charge in [-0.15, -0.1) is 0 Å². The summed E-state index contributed by atoms with van der Waals surface area (Å²) in [5.74, 6) is -0.323. The first-order chi connectivity index (χ1) is 8.24. The van der Waals surface area contributed by atoms with E-state index in [0.29, 0.717) is 5.02 Å². The van der Waals surface area contributed by atoms with Crippen LogP contribution in [0.25, 0.3) is 0 Å². The molecule has 1 aromatic carbocycles. The van der Waals surface area contributed by atoms with E-state index in [9.17, 15) is 12.8 Å². The molecule has 0 atom stereocenters. The van der Waals surface area contributed by atoms with Crippen LogP contribution in [0, 0.1) is 11.2 Å². The van der Waals surface area contributed by atoms with E-state index in [-0.39, 0.29) is 22.4 Å². The third-order valence-corrected chi connectivity index (χ3v) is 5.72. The lowest BCUT2D eigenvalue weighted by molar-refractivity contribution is -0.122. The number of rotatable bonds is 3. The molecule has 0 saturated heterocycles. The van der Waals surface area contributed by atoms with Crippen LogP contribution in [0.1, 0.15) is 24.8 Å². The van der Waals surface area contributed by atoms with Crippen molar-refractivity contribution in [2.45, 2.75) is 24.7 Å². The van der Waals surface area contributed by atoms with Crippen LogP contribution in [-0.2, 0) is 14.5 Å². The predicted octanol–water partition coefficient (Wildman–Crippen LogP) is 3.47. The first-order valence-corrected chi connectivity index (χ1v) is 8.47. The molecule has 0 amide bonds. The van der Waals surface area contributed by atoms with E-state index in [2.05, 4.69) is 0 Å². The van der Waals surface area contributed by atoms with Crippen LogP contribution in [0.5, 0.6) is 0 Å². The van der Waals surface area contributed by atoms with Gasteiger partial charge in [-0.3, -0.25) is 0 Å². The highest BCUT2D eigenvalue weighted by molar-refractivity contribution is 8.13. The Balaban J connectivity index is 1.80. The molecule has 3 fully saturated rings. The SMILES string of the molecule is O=S(=O)(Cl)CC12CC(c3ccc(F)cc3Cl)(C1)C2. The second-order valence-corrected chi connectivity index (χ2v) is 8.80. The maximum Gasteiger partial charge on any atom is 0.233 e. The summed E-state index contributed by atoms with van der Waals surface area (Å²) in [4.78, 5) is 0. The summed E-state index contributed by atoms with van der Waals surface area (Å²) in [5, 5.41) is 0.428. The van der Waals surface area contributed by atoms with E-state index in [0.717, 1.165) is 24.8 Å². The van der Waals surface area contributed by atoms with Gasteiger partial charge in [-0.25, -0.2) is 12.8 Å². The Kier molecular flexibility index (Phi) is 2.55. The van der Waals surface area contributed by atoms with Gasteiger partial charge < -0.3 is 0 Å². The average Bonchev–Trinajstić information content (AvgIpc) is 2.08. The highest BCUT2D eigenvalue weighted by atomic mass is 35.7. The van der Waals surface area contributed by atoms with Crippen LogP contribution in [0.15, 0.2) is 18.2 Å². The summed E-state index contributed by atoms with van der Waals surface area (Å²) in [5.41, 5.74) is 0.712. The largest absolute Gasteiger partial charge is 0.233 e. The fraction of sp³-hybridized carbons (Fsp3) is 0.500. The quantitative estimate of drug-likeness (QED) is 0.801. The summed E-state index contributed by atoms with van der Waals surface area (Å²) >= 11 is 6.05. The van der Waals surface area contributed by atoms with Gasteiger partial charge in [-0.1, -0.05) is 17.7 Å². The summed E-state index contributed by atoms with van der Waals surface area (Å²) in [7, 11) is 1.84. The Morgan fingerprint density at radius 2 is 1.89 bits per heavy atom. The van der Waals surface area contributed by atoms with Crippen LogP contribution in [0.4, 0.5) is 4.39 Å². The molecular formula is C12H11Cl2FO2S. The molecule has 0 aliphatic heterocycles. The van der Waals surface area contributed by atoms with Crippen molar-refractivity contribution in [1.29, 1.82) is 0 Å².